The predicted molar refractivity (Wildman–Crippen MR) is 114 cm³/mol. The zero-order valence-electron chi connectivity index (χ0n) is 17.3. The van der Waals surface area contributed by atoms with E-state index in [-0.39, 0.29) is 17.5 Å². The highest BCUT2D eigenvalue weighted by Crippen LogP contribution is 2.35. The summed E-state index contributed by atoms with van der Waals surface area (Å²) >= 11 is 6.21. The normalized spacial score (nSPS) is 11.5. The highest BCUT2D eigenvalue weighted by Gasteiger charge is 2.23. The van der Waals surface area contributed by atoms with E-state index in [2.05, 4.69) is 20.6 Å². The maximum Gasteiger partial charge on any atom is 0.333 e. The number of nitrogens with one attached hydrogen (secondary N) is 3. The molecular weight excluding hydrogens is 430 g/mol. The van der Waals surface area contributed by atoms with Gasteiger partial charge in [0, 0.05) is 17.8 Å². The number of halogens is 1. The van der Waals surface area contributed by atoms with Crippen LogP contribution in [0.3, 0.4) is 0 Å². The van der Waals surface area contributed by atoms with Gasteiger partial charge in [-0.05, 0) is 35.1 Å². The molecule has 0 unspecified atom stereocenters. The average Bonchev–Trinajstić information content (AvgIpc) is 2.67. The van der Waals surface area contributed by atoms with Crippen LogP contribution in [-0.4, -0.2) is 37.4 Å². The second-order valence-electron chi connectivity index (χ2n) is 7.15. The van der Waals surface area contributed by atoms with Gasteiger partial charge in [0.25, 0.3) is 15.9 Å². The number of carbonyl (C=O) groups excluding carboxylic acids is 2. The standard InChI is InChI=1S/C19H24ClN5O4S/c1-10(2)13-6-12(20)7-14(11(3)4)17(13)24-19(27)25-30(28,29)16-9-22-15(8-23-16)18(26)21-5/h6-11H,1-5H3,(H,21,26)(H2,24,25,27). The molecule has 2 aromatic rings. The van der Waals surface area contributed by atoms with Gasteiger partial charge < -0.3 is 10.6 Å². The number of benzene rings is 1. The second-order valence-corrected chi connectivity index (χ2v) is 9.21. The summed E-state index contributed by atoms with van der Waals surface area (Å²) in [6, 6.07) is 2.54. The Morgan fingerprint density at radius 3 is 2.00 bits per heavy atom. The Labute approximate surface area is 180 Å². The minimum absolute atomic E-state index is 0.0382. The third-order valence-electron chi connectivity index (χ3n) is 4.24. The highest BCUT2D eigenvalue weighted by atomic mass is 35.5. The molecule has 0 aliphatic rings. The Bertz CT molecular complexity index is 1020. The lowest BCUT2D eigenvalue weighted by Gasteiger charge is -2.21. The van der Waals surface area contributed by atoms with E-state index in [1.54, 1.807) is 12.1 Å². The van der Waals surface area contributed by atoms with Crippen LogP contribution in [0.5, 0.6) is 0 Å². The Morgan fingerprint density at radius 1 is 1.00 bits per heavy atom. The number of hydrogen-bond acceptors (Lipinski definition) is 6. The molecule has 0 atom stereocenters. The van der Waals surface area contributed by atoms with E-state index in [9.17, 15) is 18.0 Å². The molecule has 1 aromatic carbocycles. The first-order chi connectivity index (χ1) is 14.0. The Balaban J connectivity index is 2.30. The largest absolute Gasteiger partial charge is 0.354 e. The van der Waals surface area contributed by atoms with E-state index in [0.717, 1.165) is 23.5 Å². The predicted octanol–water partition coefficient (Wildman–Crippen LogP) is 3.25. The minimum Gasteiger partial charge on any atom is -0.354 e. The van der Waals surface area contributed by atoms with Crippen LogP contribution in [0, 0.1) is 0 Å². The maximum atomic E-state index is 12.5. The van der Waals surface area contributed by atoms with E-state index < -0.39 is 27.0 Å². The van der Waals surface area contributed by atoms with Gasteiger partial charge in [0.15, 0.2) is 5.03 Å². The first-order valence-corrected chi connectivity index (χ1v) is 11.0. The molecule has 1 heterocycles. The van der Waals surface area contributed by atoms with Gasteiger partial charge in [-0.3, -0.25) is 4.79 Å². The zero-order chi connectivity index (χ0) is 22.6. The van der Waals surface area contributed by atoms with Gasteiger partial charge in [-0.15, -0.1) is 0 Å². The van der Waals surface area contributed by atoms with Gasteiger partial charge in [-0.1, -0.05) is 39.3 Å². The number of anilines is 1. The summed E-state index contributed by atoms with van der Waals surface area (Å²) in [6.45, 7) is 7.77. The molecule has 162 valence electrons. The van der Waals surface area contributed by atoms with Gasteiger partial charge in [0.2, 0.25) is 0 Å². The van der Waals surface area contributed by atoms with Gasteiger partial charge in [-0.25, -0.2) is 19.5 Å². The molecule has 9 nitrogen and oxygen atoms in total. The topological polar surface area (TPSA) is 130 Å². The van der Waals surface area contributed by atoms with Crippen LogP contribution in [0.15, 0.2) is 29.6 Å². The zero-order valence-corrected chi connectivity index (χ0v) is 18.9. The Morgan fingerprint density at radius 2 is 1.57 bits per heavy atom. The summed E-state index contributed by atoms with van der Waals surface area (Å²) in [5.41, 5.74) is 2.03. The van der Waals surface area contributed by atoms with Crippen LogP contribution < -0.4 is 15.4 Å². The molecule has 0 fully saturated rings. The van der Waals surface area contributed by atoms with Crippen molar-refractivity contribution in [2.45, 2.75) is 44.6 Å². The van der Waals surface area contributed by atoms with Crippen LogP contribution in [0.4, 0.5) is 10.5 Å². The smallest absolute Gasteiger partial charge is 0.333 e. The maximum absolute atomic E-state index is 12.5. The van der Waals surface area contributed by atoms with E-state index >= 15 is 0 Å². The fourth-order valence-corrected chi connectivity index (χ4v) is 3.74. The molecule has 3 amide bonds. The molecule has 0 radical (unpaired) electrons. The number of sulfonamides is 1. The van der Waals surface area contributed by atoms with E-state index in [4.69, 9.17) is 11.6 Å². The number of amides is 3. The van der Waals surface area contributed by atoms with Crippen LogP contribution in [-0.2, 0) is 10.0 Å². The van der Waals surface area contributed by atoms with Crippen molar-refractivity contribution in [1.29, 1.82) is 0 Å². The van der Waals surface area contributed by atoms with Crippen molar-refractivity contribution >= 4 is 39.2 Å². The van der Waals surface area contributed by atoms with Crippen molar-refractivity contribution in [3.05, 3.63) is 46.4 Å². The lowest BCUT2D eigenvalue weighted by Crippen LogP contribution is -2.35. The van der Waals surface area contributed by atoms with E-state index in [1.165, 1.54) is 7.05 Å². The first kappa shape index (κ1) is 23.6. The lowest BCUT2D eigenvalue weighted by molar-refractivity contribution is 0.0957. The molecule has 3 N–H and O–H groups in total. The molecule has 0 spiro atoms. The summed E-state index contributed by atoms with van der Waals surface area (Å²) in [5, 5.41) is 5.03. The van der Waals surface area contributed by atoms with Crippen molar-refractivity contribution in [1.82, 2.24) is 20.0 Å². The summed E-state index contributed by atoms with van der Waals surface area (Å²) in [6.07, 6.45) is 1.92. The number of hydrogen-bond donors (Lipinski definition) is 3. The molecule has 0 bridgehead atoms. The Hall–Kier alpha value is -2.72. The Kier molecular flexibility index (Phi) is 7.38. The number of aromatic nitrogens is 2. The SMILES string of the molecule is CNC(=O)c1cnc(S(=O)(=O)NC(=O)Nc2c(C(C)C)cc(Cl)cc2C(C)C)cn1. The van der Waals surface area contributed by atoms with Crippen molar-refractivity contribution in [3.63, 3.8) is 0 Å². The van der Waals surface area contributed by atoms with Crippen LogP contribution in [0.2, 0.25) is 5.02 Å². The number of urea groups is 1. The molecule has 0 aliphatic heterocycles. The molecule has 0 aliphatic carbocycles. The fraction of sp³-hybridized carbons (Fsp3) is 0.368. The summed E-state index contributed by atoms with van der Waals surface area (Å²) in [4.78, 5) is 31.5. The number of rotatable bonds is 6. The lowest BCUT2D eigenvalue weighted by atomic mass is 9.92. The van der Waals surface area contributed by atoms with Gasteiger partial charge in [-0.2, -0.15) is 8.42 Å². The molecule has 1 aromatic heterocycles. The molecular formula is C19H24ClN5O4S. The summed E-state index contributed by atoms with van der Waals surface area (Å²) < 4.78 is 26.9. The molecule has 0 saturated carbocycles. The fourth-order valence-electron chi connectivity index (χ4n) is 2.72. The molecule has 0 saturated heterocycles. The first-order valence-electron chi connectivity index (χ1n) is 9.17. The summed E-state index contributed by atoms with van der Waals surface area (Å²) in [5.74, 6) is -0.435. The second kappa shape index (κ2) is 9.40. The number of nitrogens with zero attached hydrogens (tertiary/aromatic N) is 2. The van der Waals surface area contributed by atoms with E-state index in [1.807, 2.05) is 32.4 Å². The molecule has 2 rings (SSSR count). The molecule has 30 heavy (non-hydrogen) atoms. The van der Waals surface area contributed by atoms with Gasteiger partial charge in [0.05, 0.1) is 12.4 Å². The monoisotopic (exact) mass is 453 g/mol. The third-order valence-corrected chi connectivity index (χ3v) is 5.67. The van der Waals surface area contributed by atoms with Crippen molar-refractivity contribution < 1.29 is 18.0 Å². The molecule has 11 heteroatoms. The van der Waals surface area contributed by atoms with Crippen molar-refractivity contribution in [2.75, 3.05) is 12.4 Å². The van der Waals surface area contributed by atoms with E-state index in [0.29, 0.717) is 10.7 Å². The average molecular weight is 454 g/mol. The van der Waals surface area contributed by atoms with Crippen LogP contribution in [0.1, 0.15) is 61.1 Å². The van der Waals surface area contributed by atoms with Crippen molar-refractivity contribution in [2.24, 2.45) is 0 Å². The van der Waals surface area contributed by atoms with Crippen LogP contribution in [0.25, 0.3) is 0 Å². The van der Waals surface area contributed by atoms with Crippen molar-refractivity contribution in [3.8, 4) is 0 Å². The van der Waals surface area contributed by atoms with Gasteiger partial charge in [0.1, 0.15) is 5.69 Å². The minimum atomic E-state index is -4.30. The highest BCUT2D eigenvalue weighted by molar-refractivity contribution is 7.90. The van der Waals surface area contributed by atoms with Gasteiger partial charge >= 0.3 is 6.03 Å². The summed E-state index contributed by atoms with van der Waals surface area (Å²) in [7, 11) is -2.89. The quantitative estimate of drug-likeness (QED) is 0.615. The number of carbonyl (C=O) groups is 2. The van der Waals surface area contributed by atoms with Crippen LogP contribution >= 0.6 is 11.6 Å². The third kappa shape index (κ3) is 5.45.